The summed E-state index contributed by atoms with van der Waals surface area (Å²) in [5.41, 5.74) is 0.963. The van der Waals surface area contributed by atoms with Gasteiger partial charge in [-0.05, 0) is 49.6 Å². The van der Waals surface area contributed by atoms with Crippen molar-refractivity contribution in [1.82, 2.24) is 9.29 Å². The van der Waals surface area contributed by atoms with Crippen molar-refractivity contribution in [2.24, 2.45) is 0 Å². The Morgan fingerprint density at radius 2 is 1.84 bits per heavy atom. The van der Waals surface area contributed by atoms with Crippen LogP contribution in [-0.2, 0) is 10.0 Å². The maximum Gasteiger partial charge on any atom is 0.244 e. The van der Waals surface area contributed by atoms with Crippen LogP contribution in [0, 0.1) is 0 Å². The van der Waals surface area contributed by atoms with Crippen LogP contribution in [0.3, 0.4) is 0 Å². The second-order valence-electron chi connectivity index (χ2n) is 6.03. The van der Waals surface area contributed by atoms with Crippen LogP contribution in [0.5, 0.6) is 0 Å². The van der Waals surface area contributed by atoms with Gasteiger partial charge in [0.05, 0.1) is 10.0 Å². The van der Waals surface area contributed by atoms with Gasteiger partial charge in [-0.25, -0.2) is 13.4 Å². The maximum atomic E-state index is 12.5. The number of benzene rings is 1. The fourth-order valence-electron chi connectivity index (χ4n) is 2.78. The molecule has 134 valence electrons. The van der Waals surface area contributed by atoms with Crippen LogP contribution in [0.4, 0.5) is 5.82 Å². The normalized spacial score (nSPS) is 16.8. The van der Waals surface area contributed by atoms with Crippen molar-refractivity contribution in [2.45, 2.75) is 30.7 Å². The largest absolute Gasteiger partial charge is 0.364 e. The summed E-state index contributed by atoms with van der Waals surface area (Å²) in [7, 11) is -3.44. The predicted molar refractivity (Wildman–Crippen MR) is 101 cm³/mol. The number of rotatable bonds is 5. The second kappa shape index (κ2) is 7.50. The molecule has 2 aromatic rings. The van der Waals surface area contributed by atoms with E-state index >= 15 is 0 Å². The van der Waals surface area contributed by atoms with Gasteiger partial charge in [-0.15, -0.1) is 0 Å². The molecule has 0 amide bonds. The van der Waals surface area contributed by atoms with Crippen molar-refractivity contribution in [3.05, 3.63) is 52.1 Å². The van der Waals surface area contributed by atoms with E-state index in [1.165, 1.54) is 10.5 Å². The molecule has 25 heavy (non-hydrogen) atoms. The molecule has 1 aromatic carbocycles. The highest BCUT2D eigenvalue weighted by atomic mass is 35.5. The van der Waals surface area contributed by atoms with E-state index < -0.39 is 10.0 Å². The summed E-state index contributed by atoms with van der Waals surface area (Å²) < 4.78 is 26.5. The summed E-state index contributed by atoms with van der Waals surface area (Å²) in [5.74, 6) is 0.596. The fraction of sp³-hybridized carbons (Fsp3) is 0.353. The standard InChI is InChI=1S/C17H19Cl2N3O2S/c1-12(13-4-6-15(18)16(19)10-13)21-17-7-5-14(11-20-17)25(23,24)22-8-2-3-9-22/h4-7,10-12H,2-3,8-9H2,1H3,(H,20,21). The highest BCUT2D eigenvalue weighted by Crippen LogP contribution is 2.27. The summed E-state index contributed by atoms with van der Waals surface area (Å²) >= 11 is 12.0. The topological polar surface area (TPSA) is 62.3 Å². The SMILES string of the molecule is CC(Nc1ccc(S(=O)(=O)N2CCCC2)cn1)c1ccc(Cl)c(Cl)c1. The molecule has 1 saturated heterocycles. The van der Waals surface area contributed by atoms with Crippen molar-refractivity contribution >= 4 is 39.0 Å². The summed E-state index contributed by atoms with van der Waals surface area (Å²) in [6.07, 6.45) is 3.22. The van der Waals surface area contributed by atoms with Gasteiger partial charge < -0.3 is 5.32 Å². The Morgan fingerprint density at radius 3 is 2.44 bits per heavy atom. The minimum absolute atomic E-state index is 0.0525. The average molecular weight is 400 g/mol. The van der Waals surface area contributed by atoms with Gasteiger partial charge in [0.15, 0.2) is 0 Å². The van der Waals surface area contributed by atoms with E-state index in [4.69, 9.17) is 23.2 Å². The molecule has 5 nitrogen and oxygen atoms in total. The first-order valence-electron chi connectivity index (χ1n) is 8.05. The van der Waals surface area contributed by atoms with Crippen molar-refractivity contribution in [2.75, 3.05) is 18.4 Å². The molecule has 1 aliphatic heterocycles. The Labute approximate surface area is 158 Å². The van der Waals surface area contributed by atoms with E-state index in [1.807, 2.05) is 13.0 Å². The van der Waals surface area contributed by atoms with E-state index in [0.29, 0.717) is 29.0 Å². The molecule has 1 N–H and O–H groups in total. The van der Waals surface area contributed by atoms with E-state index in [0.717, 1.165) is 18.4 Å². The number of aromatic nitrogens is 1. The molecule has 1 aromatic heterocycles. The molecule has 1 unspecified atom stereocenters. The number of nitrogens with zero attached hydrogens (tertiary/aromatic N) is 2. The van der Waals surface area contributed by atoms with Crippen LogP contribution in [0.25, 0.3) is 0 Å². The van der Waals surface area contributed by atoms with Gasteiger partial charge in [0.25, 0.3) is 0 Å². The van der Waals surface area contributed by atoms with Gasteiger partial charge in [-0.2, -0.15) is 4.31 Å². The number of halogens is 2. The van der Waals surface area contributed by atoms with E-state index in [2.05, 4.69) is 10.3 Å². The van der Waals surface area contributed by atoms with Crippen LogP contribution in [0.2, 0.25) is 10.0 Å². The van der Waals surface area contributed by atoms with E-state index in [-0.39, 0.29) is 10.9 Å². The molecule has 1 aliphatic rings. The highest BCUT2D eigenvalue weighted by Gasteiger charge is 2.27. The van der Waals surface area contributed by atoms with Crippen LogP contribution in [0.1, 0.15) is 31.4 Å². The molecule has 3 rings (SSSR count). The lowest BCUT2D eigenvalue weighted by Gasteiger charge is -2.17. The second-order valence-corrected chi connectivity index (χ2v) is 8.78. The summed E-state index contributed by atoms with van der Waals surface area (Å²) in [6.45, 7) is 3.13. The Balaban J connectivity index is 1.73. The molecule has 0 bridgehead atoms. The molecule has 1 atom stereocenters. The van der Waals surface area contributed by atoms with Crippen molar-refractivity contribution in [1.29, 1.82) is 0 Å². The zero-order valence-electron chi connectivity index (χ0n) is 13.7. The fourth-order valence-corrected chi connectivity index (χ4v) is 4.55. The molecular weight excluding hydrogens is 381 g/mol. The lowest BCUT2D eigenvalue weighted by atomic mass is 10.1. The number of sulfonamides is 1. The van der Waals surface area contributed by atoms with Crippen molar-refractivity contribution in [3.63, 3.8) is 0 Å². The van der Waals surface area contributed by atoms with Gasteiger partial charge >= 0.3 is 0 Å². The molecule has 0 radical (unpaired) electrons. The van der Waals surface area contributed by atoms with Crippen LogP contribution in [0.15, 0.2) is 41.4 Å². The minimum Gasteiger partial charge on any atom is -0.364 e. The van der Waals surface area contributed by atoms with E-state index in [1.54, 1.807) is 24.3 Å². The minimum atomic E-state index is -3.44. The first-order chi connectivity index (χ1) is 11.9. The summed E-state index contributed by atoms with van der Waals surface area (Å²) in [6, 6.07) is 8.65. The number of anilines is 1. The monoisotopic (exact) mass is 399 g/mol. The van der Waals surface area contributed by atoms with Crippen LogP contribution in [-0.4, -0.2) is 30.8 Å². The molecule has 0 aliphatic carbocycles. The number of pyridine rings is 1. The van der Waals surface area contributed by atoms with Crippen molar-refractivity contribution in [3.8, 4) is 0 Å². The Kier molecular flexibility index (Phi) is 5.53. The quantitative estimate of drug-likeness (QED) is 0.811. The number of nitrogens with one attached hydrogen (secondary N) is 1. The molecule has 1 fully saturated rings. The van der Waals surface area contributed by atoms with Gasteiger partial charge in [0, 0.05) is 25.3 Å². The first kappa shape index (κ1) is 18.5. The van der Waals surface area contributed by atoms with E-state index in [9.17, 15) is 8.42 Å². The number of hydrogen-bond acceptors (Lipinski definition) is 4. The van der Waals surface area contributed by atoms with Gasteiger partial charge in [-0.3, -0.25) is 0 Å². The lowest BCUT2D eigenvalue weighted by molar-refractivity contribution is 0.477. The smallest absolute Gasteiger partial charge is 0.244 e. The molecule has 2 heterocycles. The molecular formula is C17H19Cl2N3O2S. The highest BCUT2D eigenvalue weighted by molar-refractivity contribution is 7.89. The third kappa shape index (κ3) is 4.08. The third-order valence-corrected chi connectivity index (χ3v) is 6.87. The van der Waals surface area contributed by atoms with Crippen molar-refractivity contribution < 1.29 is 8.42 Å². The Hall–Kier alpha value is -1.34. The Bertz CT molecular complexity index is 851. The lowest BCUT2D eigenvalue weighted by Crippen LogP contribution is -2.27. The first-order valence-corrected chi connectivity index (χ1v) is 10.3. The van der Waals surface area contributed by atoms with Crippen LogP contribution >= 0.6 is 23.2 Å². The molecule has 0 spiro atoms. The summed E-state index contributed by atoms with van der Waals surface area (Å²) in [5, 5.41) is 4.23. The number of hydrogen-bond donors (Lipinski definition) is 1. The zero-order chi connectivity index (χ0) is 18.0. The molecule has 0 saturated carbocycles. The van der Waals surface area contributed by atoms with Gasteiger partial charge in [0.2, 0.25) is 10.0 Å². The van der Waals surface area contributed by atoms with Gasteiger partial charge in [-0.1, -0.05) is 29.3 Å². The average Bonchev–Trinajstić information content (AvgIpc) is 3.13. The maximum absolute atomic E-state index is 12.5. The zero-order valence-corrected chi connectivity index (χ0v) is 16.1. The summed E-state index contributed by atoms with van der Waals surface area (Å²) in [4.78, 5) is 4.47. The third-order valence-electron chi connectivity index (χ3n) is 4.25. The predicted octanol–water partition coefficient (Wildman–Crippen LogP) is 4.35. The van der Waals surface area contributed by atoms with Crippen LogP contribution < -0.4 is 5.32 Å². The Morgan fingerprint density at radius 1 is 1.12 bits per heavy atom. The van der Waals surface area contributed by atoms with Gasteiger partial charge in [0.1, 0.15) is 10.7 Å². The molecule has 8 heteroatoms.